The second-order valence-electron chi connectivity index (χ2n) is 1.84. The van der Waals surface area contributed by atoms with Gasteiger partial charge < -0.3 is 9.52 Å². The maximum absolute atomic E-state index is 10.4. The van der Waals surface area contributed by atoms with Crippen molar-refractivity contribution in [2.75, 3.05) is 0 Å². The van der Waals surface area contributed by atoms with E-state index in [2.05, 4.69) is 4.42 Å². The third kappa shape index (κ3) is 1.62. The Kier molecular flexibility index (Phi) is 2.33. The predicted octanol–water partition coefficient (Wildman–Crippen LogP) is 1.94. The van der Waals surface area contributed by atoms with Gasteiger partial charge in [0.2, 0.25) is 0 Å². The monoisotopic (exact) mass is 172 g/mol. The Labute approximate surface area is 67.9 Å². The van der Waals surface area contributed by atoms with Gasteiger partial charge in [-0.15, -0.1) is 0 Å². The molecule has 0 radical (unpaired) electrons. The van der Waals surface area contributed by atoms with Crippen molar-refractivity contribution in [2.24, 2.45) is 0 Å². The van der Waals surface area contributed by atoms with Gasteiger partial charge in [-0.1, -0.05) is 11.6 Å². The summed E-state index contributed by atoms with van der Waals surface area (Å²) in [5, 5.41) is 8.55. The summed E-state index contributed by atoms with van der Waals surface area (Å²) in [4.78, 5) is 10.4. The normalized spacial score (nSPS) is 11.5. The number of hydrogen-bond donors (Lipinski definition) is 1. The van der Waals surface area contributed by atoms with Gasteiger partial charge in [-0.3, -0.25) is 0 Å². The van der Waals surface area contributed by atoms with Gasteiger partial charge in [0.05, 0.1) is 18.1 Å². The number of hydrogen-bond acceptors (Lipinski definition) is 2. The van der Waals surface area contributed by atoms with E-state index in [4.69, 9.17) is 16.7 Å². The van der Waals surface area contributed by atoms with Crippen LogP contribution < -0.4 is 0 Å². The van der Waals surface area contributed by atoms with E-state index in [0.29, 0.717) is 5.56 Å². The van der Waals surface area contributed by atoms with Gasteiger partial charge >= 0.3 is 5.97 Å². The Morgan fingerprint density at radius 1 is 1.73 bits per heavy atom. The predicted molar refractivity (Wildman–Crippen MR) is 40.2 cm³/mol. The second kappa shape index (κ2) is 3.25. The van der Waals surface area contributed by atoms with E-state index in [1.165, 1.54) is 18.6 Å². The largest absolute Gasteiger partial charge is 0.478 e. The molecule has 0 amide bonds. The highest BCUT2D eigenvalue weighted by Gasteiger charge is 2.09. The highest BCUT2D eigenvalue weighted by atomic mass is 35.5. The minimum atomic E-state index is -1.07. The highest BCUT2D eigenvalue weighted by Crippen LogP contribution is 2.15. The quantitative estimate of drug-likeness (QED) is 0.694. The van der Waals surface area contributed by atoms with Crippen LogP contribution in [0.5, 0.6) is 0 Å². The smallest absolute Gasteiger partial charge is 0.337 e. The number of halogens is 1. The molecule has 0 aliphatic rings. The molecule has 58 valence electrons. The van der Waals surface area contributed by atoms with Crippen LogP contribution in [0.3, 0.4) is 0 Å². The summed E-state index contributed by atoms with van der Waals surface area (Å²) in [5.41, 5.74) is 1.50. The van der Waals surface area contributed by atoms with Crippen molar-refractivity contribution in [3.63, 3.8) is 0 Å². The van der Waals surface area contributed by atoms with Gasteiger partial charge in [0, 0.05) is 11.1 Å². The fourth-order valence-electron chi connectivity index (χ4n) is 0.651. The van der Waals surface area contributed by atoms with Crippen molar-refractivity contribution in [2.45, 2.75) is 0 Å². The zero-order chi connectivity index (χ0) is 8.27. The molecule has 0 saturated heterocycles. The van der Waals surface area contributed by atoms with Gasteiger partial charge in [0.1, 0.15) is 0 Å². The second-order valence-corrected chi connectivity index (χ2v) is 2.06. The first-order valence-corrected chi connectivity index (χ1v) is 3.25. The van der Waals surface area contributed by atoms with Crippen molar-refractivity contribution in [3.8, 4) is 0 Å². The van der Waals surface area contributed by atoms with Crippen LogP contribution in [0.4, 0.5) is 0 Å². The molecular formula is C7H5ClO3. The molecule has 3 nitrogen and oxygen atoms in total. The average molecular weight is 173 g/mol. The fraction of sp³-hybridized carbons (Fsp3) is 0. The maximum Gasteiger partial charge on any atom is 0.337 e. The summed E-state index contributed by atoms with van der Waals surface area (Å²) >= 11 is 5.27. The molecule has 0 unspecified atom stereocenters. The molecule has 0 atom stereocenters. The molecule has 0 saturated carbocycles. The SMILES string of the molecule is O=C(O)/C(=C/Cl)c1ccoc1. The number of furan rings is 1. The van der Waals surface area contributed by atoms with Crippen LogP contribution in [0.15, 0.2) is 28.5 Å². The molecule has 0 bridgehead atoms. The van der Waals surface area contributed by atoms with Crippen molar-refractivity contribution in [1.29, 1.82) is 0 Å². The van der Waals surface area contributed by atoms with Crippen LogP contribution >= 0.6 is 11.6 Å². The summed E-state index contributed by atoms with van der Waals surface area (Å²) in [6, 6.07) is 1.53. The molecule has 1 aromatic heterocycles. The summed E-state index contributed by atoms with van der Waals surface area (Å²) < 4.78 is 4.68. The molecule has 0 aromatic carbocycles. The van der Waals surface area contributed by atoms with Crippen LogP contribution in [0.1, 0.15) is 5.56 Å². The fourth-order valence-corrected chi connectivity index (χ4v) is 0.870. The lowest BCUT2D eigenvalue weighted by molar-refractivity contribution is -0.130. The molecule has 1 aromatic rings. The Hall–Kier alpha value is -1.22. The number of carboxylic acids is 1. The van der Waals surface area contributed by atoms with E-state index in [9.17, 15) is 4.79 Å². The Balaban J connectivity index is 2.99. The van der Waals surface area contributed by atoms with Crippen LogP contribution in [-0.2, 0) is 4.79 Å². The highest BCUT2D eigenvalue weighted by molar-refractivity contribution is 6.34. The zero-order valence-electron chi connectivity index (χ0n) is 5.45. The molecule has 1 rings (SSSR count). The van der Waals surface area contributed by atoms with Crippen molar-refractivity contribution < 1.29 is 14.3 Å². The van der Waals surface area contributed by atoms with Crippen LogP contribution in [0.2, 0.25) is 0 Å². The summed E-state index contributed by atoms with van der Waals surface area (Å²) in [5.74, 6) is -1.07. The third-order valence-electron chi connectivity index (χ3n) is 1.17. The van der Waals surface area contributed by atoms with Crippen LogP contribution in [0.25, 0.3) is 5.57 Å². The first-order chi connectivity index (χ1) is 5.25. The molecule has 4 heteroatoms. The standard InChI is InChI=1S/C7H5ClO3/c8-3-6(7(9)10)5-1-2-11-4-5/h1-4H,(H,9,10)/b6-3+. The number of carbonyl (C=O) groups is 1. The van der Waals surface area contributed by atoms with Gasteiger partial charge in [0.15, 0.2) is 0 Å². The summed E-state index contributed by atoms with van der Waals surface area (Å²) in [6.45, 7) is 0. The van der Waals surface area contributed by atoms with E-state index in [0.717, 1.165) is 5.54 Å². The number of rotatable bonds is 2. The lowest BCUT2D eigenvalue weighted by Gasteiger charge is -1.92. The van der Waals surface area contributed by atoms with Crippen LogP contribution in [-0.4, -0.2) is 11.1 Å². The Morgan fingerprint density at radius 3 is 2.82 bits per heavy atom. The Bertz CT molecular complexity index is 274. The van der Waals surface area contributed by atoms with Gasteiger partial charge in [-0.25, -0.2) is 4.79 Å². The first kappa shape index (κ1) is 7.88. The molecule has 0 aliphatic carbocycles. The minimum absolute atomic E-state index is 0.0282. The summed E-state index contributed by atoms with van der Waals surface area (Å²) in [6.07, 6.45) is 2.71. The molecule has 1 heterocycles. The van der Waals surface area contributed by atoms with Crippen molar-refractivity contribution >= 4 is 23.1 Å². The Morgan fingerprint density at radius 2 is 2.45 bits per heavy atom. The first-order valence-electron chi connectivity index (χ1n) is 2.82. The van der Waals surface area contributed by atoms with E-state index in [1.807, 2.05) is 0 Å². The summed E-state index contributed by atoms with van der Waals surface area (Å²) in [7, 11) is 0. The van der Waals surface area contributed by atoms with Crippen LogP contribution in [0, 0.1) is 0 Å². The molecule has 1 N–H and O–H groups in total. The minimum Gasteiger partial charge on any atom is -0.478 e. The van der Waals surface area contributed by atoms with Crippen molar-refractivity contribution in [1.82, 2.24) is 0 Å². The molecular weight excluding hydrogens is 168 g/mol. The van der Waals surface area contributed by atoms with Gasteiger partial charge in [-0.05, 0) is 6.07 Å². The molecule has 11 heavy (non-hydrogen) atoms. The van der Waals surface area contributed by atoms with E-state index in [1.54, 1.807) is 0 Å². The molecule has 0 fully saturated rings. The number of aliphatic carboxylic acids is 1. The van der Waals surface area contributed by atoms with Crippen molar-refractivity contribution in [3.05, 3.63) is 29.7 Å². The zero-order valence-corrected chi connectivity index (χ0v) is 6.21. The average Bonchev–Trinajstić information content (AvgIpc) is 2.40. The van der Waals surface area contributed by atoms with Gasteiger partial charge in [0.25, 0.3) is 0 Å². The lowest BCUT2D eigenvalue weighted by atomic mass is 10.2. The van der Waals surface area contributed by atoms with Gasteiger partial charge in [-0.2, -0.15) is 0 Å². The van der Waals surface area contributed by atoms with E-state index < -0.39 is 5.97 Å². The molecule has 0 aliphatic heterocycles. The lowest BCUT2D eigenvalue weighted by Crippen LogP contribution is -1.96. The number of carboxylic acid groups (broad SMARTS) is 1. The third-order valence-corrected chi connectivity index (χ3v) is 1.39. The van der Waals surface area contributed by atoms with E-state index >= 15 is 0 Å². The maximum atomic E-state index is 10.4. The van der Waals surface area contributed by atoms with E-state index in [-0.39, 0.29) is 5.57 Å². The molecule has 0 spiro atoms. The topological polar surface area (TPSA) is 50.4 Å².